The van der Waals surface area contributed by atoms with Gasteiger partial charge in [-0.2, -0.15) is 0 Å². The zero-order valence-electron chi connectivity index (χ0n) is 13.2. The first-order valence-corrected chi connectivity index (χ1v) is 7.47. The third kappa shape index (κ3) is 11.8. The van der Waals surface area contributed by atoms with E-state index in [1.165, 1.54) is 0 Å². The molecular formula is C16H28O4. The van der Waals surface area contributed by atoms with Gasteiger partial charge in [0.2, 0.25) is 0 Å². The Labute approximate surface area is 122 Å². The first-order chi connectivity index (χ1) is 9.45. The monoisotopic (exact) mass is 284 g/mol. The van der Waals surface area contributed by atoms with Gasteiger partial charge in [0.15, 0.2) is 0 Å². The zero-order chi connectivity index (χ0) is 15.4. The summed E-state index contributed by atoms with van der Waals surface area (Å²) in [6.07, 6.45) is 6.21. The van der Waals surface area contributed by atoms with Crippen LogP contribution < -0.4 is 0 Å². The lowest BCUT2D eigenvalue weighted by Gasteiger charge is -2.09. The predicted molar refractivity (Wildman–Crippen MR) is 79.2 cm³/mol. The van der Waals surface area contributed by atoms with Gasteiger partial charge in [-0.25, -0.2) is 9.59 Å². The van der Waals surface area contributed by atoms with Gasteiger partial charge in [-0.15, -0.1) is 0 Å². The topological polar surface area (TPSA) is 52.6 Å². The maximum Gasteiger partial charge on any atom is 0.331 e. The molecule has 0 fully saturated rings. The molecule has 116 valence electrons. The molecule has 0 bridgehead atoms. The van der Waals surface area contributed by atoms with Gasteiger partial charge >= 0.3 is 11.9 Å². The second-order valence-electron chi connectivity index (χ2n) is 5.56. The minimum absolute atomic E-state index is 0.348. The highest BCUT2D eigenvalue weighted by molar-refractivity contribution is 5.91. The van der Waals surface area contributed by atoms with Crippen LogP contribution in [0.15, 0.2) is 12.2 Å². The molecule has 0 amide bonds. The average Bonchev–Trinajstić information content (AvgIpc) is 2.39. The lowest BCUT2D eigenvalue weighted by molar-refractivity contribution is -0.141. The number of ether oxygens (including phenoxy) is 2. The lowest BCUT2D eigenvalue weighted by Crippen LogP contribution is -2.10. The second-order valence-corrected chi connectivity index (χ2v) is 5.56. The molecule has 1 unspecified atom stereocenters. The van der Waals surface area contributed by atoms with Gasteiger partial charge in [0, 0.05) is 12.2 Å². The highest BCUT2D eigenvalue weighted by Crippen LogP contribution is 2.05. The molecule has 0 aliphatic rings. The smallest absolute Gasteiger partial charge is 0.331 e. The van der Waals surface area contributed by atoms with E-state index in [0.29, 0.717) is 25.0 Å². The molecule has 0 rings (SSSR count). The van der Waals surface area contributed by atoms with E-state index in [9.17, 15) is 9.59 Å². The van der Waals surface area contributed by atoms with Crippen LogP contribution >= 0.6 is 0 Å². The summed E-state index contributed by atoms with van der Waals surface area (Å²) in [4.78, 5) is 22.7. The van der Waals surface area contributed by atoms with Crippen molar-refractivity contribution in [3.8, 4) is 0 Å². The summed E-state index contributed by atoms with van der Waals surface area (Å²) in [5.74, 6) is -0.0379. The van der Waals surface area contributed by atoms with Gasteiger partial charge in [0.25, 0.3) is 0 Å². The molecule has 1 atom stereocenters. The van der Waals surface area contributed by atoms with E-state index in [2.05, 4.69) is 20.8 Å². The van der Waals surface area contributed by atoms with Gasteiger partial charge in [0.1, 0.15) is 0 Å². The maximum absolute atomic E-state index is 11.4. The fourth-order valence-electron chi connectivity index (χ4n) is 1.70. The molecule has 4 heteroatoms. The summed E-state index contributed by atoms with van der Waals surface area (Å²) >= 11 is 0. The Morgan fingerprint density at radius 3 is 2.15 bits per heavy atom. The Kier molecular flexibility index (Phi) is 10.7. The summed E-state index contributed by atoms with van der Waals surface area (Å²) in [5.41, 5.74) is 0. The number of carbonyl (C=O) groups excluding carboxylic acids is 2. The van der Waals surface area contributed by atoms with Gasteiger partial charge in [-0.05, 0) is 31.1 Å². The van der Waals surface area contributed by atoms with Crippen LogP contribution in [0.5, 0.6) is 0 Å². The third-order valence-electron chi connectivity index (χ3n) is 2.82. The van der Waals surface area contributed by atoms with Crippen molar-refractivity contribution in [3.05, 3.63) is 12.2 Å². The van der Waals surface area contributed by atoms with Crippen LogP contribution in [0.1, 0.15) is 53.4 Å². The molecule has 0 aliphatic carbocycles. The largest absolute Gasteiger partial charge is 0.463 e. The van der Waals surface area contributed by atoms with E-state index in [0.717, 1.165) is 37.8 Å². The molecule has 0 N–H and O–H groups in total. The van der Waals surface area contributed by atoms with E-state index in [-0.39, 0.29) is 0 Å². The van der Waals surface area contributed by atoms with E-state index in [1.807, 2.05) is 6.92 Å². The van der Waals surface area contributed by atoms with Crippen LogP contribution in [0.25, 0.3) is 0 Å². The zero-order valence-corrected chi connectivity index (χ0v) is 13.2. The molecule has 0 aromatic heterocycles. The Balaban J connectivity index is 3.75. The normalized spacial score (nSPS) is 12.7. The molecular weight excluding hydrogens is 256 g/mol. The second kappa shape index (κ2) is 11.5. The third-order valence-corrected chi connectivity index (χ3v) is 2.82. The molecule has 0 aromatic rings. The van der Waals surface area contributed by atoms with Crippen molar-refractivity contribution in [2.45, 2.75) is 53.4 Å². The fraction of sp³-hybridized carbons (Fsp3) is 0.750. The minimum Gasteiger partial charge on any atom is -0.463 e. The summed E-state index contributed by atoms with van der Waals surface area (Å²) in [6.45, 7) is 9.15. The highest BCUT2D eigenvalue weighted by Gasteiger charge is 2.05. The number of hydrogen-bond donors (Lipinski definition) is 0. The number of rotatable bonds is 10. The van der Waals surface area contributed by atoms with Crippen molar-refractivity contribution >= 4 is 11.9 Å². The molecule has 0 heterocycles. The van der Waals surface area contributed by atoms with E-state index in [1.54, 1.807) is 0 Å². The number of hydrogen-bond acceptors (Lipinski definition) is 4. The van der Waals surface area contributed by atoms with Crippen molar-refractivity contribution in [2.24, 2.45) is 11.8 Å². The SMILES string of the molecule is CCCC(C)COC(=O)/C=C/C(=O)OCCCC(C)C. The summed E-state index contributed by atoms with van der Waals surface area (Å²) in [6, 6.07) is 0. The number of carbonyl (C=O) groups is 2. The molecule has 0 saturated carbocycles. The molecule has 0 spiro atoms. The molecule has 0 radical (unpaired) electrons. The predicted octanol–water partition coefficient (Wildman–Crippen LogP) is 3.50. The van der Waals surface area contributed by atoms with E-state index >= 15 is 0 Å². The molecule has 4 nitrogen and oxygen atoms in total. The lowest BCUT2D eigenvalue weighted by atomic mass is 10.1. The van der Waals surface area contributed by atoms with E-state index < -0.39 is 11.9 Å². The average molecular weight is 284 g/mol. The number of esters is 2. The van der Waals surface area contributed by atoms with Gasteiger partial charge in [-0.1, -0.05) is 34.1 Å². The van der Waals surface area contributed by atoms with Crippen molar-refractivity contribution in [1.29, 1.82) is 0 Å². The quantitative estimate of drug-likeness (QED) is 0.350. The summed E-state index contributed by atoms with van der Waals surface area (Å²) in [5, 5.41) is 0. The highest BCUT2D eigenvalue weighted by atomic mass is 16.5. The summed E-state index contributed by atoms with van der Waals surface area (Å²) < 4.78 is 10.0. The van der Waals surface area contributed by atoms with Crippen LogP contribution in [0.2, 0.25) is 0 Å². The van der Waals surface area contributed by atoms with Gasteiger partial charge in [0.05, 0.1) is 13.2 Å². The van der Waals surface area contributed by atoms with Gasteiger partial charge in [-0.3, -0.25) is 0 Å². The van der Waals surface area contributed by atoms with Crippen LogP contribution in [-0.4, -0.2) is 25.2 Å². The van der Waals surface area contributed by atoms with Crippen molar-refractivity contribution in [3.63, 3.8) is 0 Å². The molecule has 0 saturated heterocycles. The van der Waals surface area contributed by atoms with Gasteiger partial charge < -0.3 is 9.47 Å². The first kappa shape index (κ1) is 18.7. The van der Waals surface area contributed by atoms with Crippen LogP contribution in [0.4, 0.5) is 0 Å². The Morgan fingerprint density at radius 2 is 1.60 bits per heavy atom. The van der Waals surface area contributed by atoms with E-state index in [4.69, 9.17) is 9.47 Å². The standard InChI is InChI=1S/C16H28O4/c1-5-7-14(4)12-20-16(18)10-9-15(17)19-11-6-8-13(2)3/h9-10,13-14H,5-8,11-12H2,1-4H3/b10-9+. The van der Waals surface area contributed by atoms with Crippen LogP contribution in [0.3, 0.4) is 0 Å². The summed E-state index contributed by atoms with van der Waals surface area (Å²) in [7, 11) is 0. The first-order valence-electron chi connectivity index (χ1n) is 7.47. The molecule has 0 aromatic carbocycles. The fourth-order valence-corrected chi connectivity index (χ4v) is 1.70. The van der Waals surface area contributed by atoms with Crippen LogP contribution in [0, 0.1) is 11.8 Å². The Morgan fingerprint density at radius 1 is 1.00 bits per heavy atom. The van der Waals surface area contributed by atoms with Crippen LogP contribution in [-0.2, 0) is 19.1 Å². The molecule has 20 heavy (non-hydrogen) atoms. The molecule has 0 aliphatic heterocycles. The Bertz CT molecular complexity index is 308. The van der Waals surface area contributed by atoms with Crippen molar-refractivity contribution in [1.82, 2.24) is 0 Å². The van der Waals surface area contributed by atoms with Crippen molar-refractivity contribution < 1.29 is 19.1 Å². The van der Waals surface area contributed by atoms with Crippen molar-refractivity contribution in [2.75, 3.05) is 13.2 Å². The Hall–Kier alpha value is -1.32. The minimum atomic E-state index is -0.493. The maximum atomic E-state index is 11.4.